The van der Waals surface area contributed by atoms with Gasteiger partial charge in [-0.2, -0.15) is 0 Å². The van der Waals surface area contributed by atoms with E-state index >= 15 is 0 Å². The van der Waals surface area contributed by atoms with Crippen LogP contribution in [0.1, 0.15) is 114 Å². The summed E-state index contributed by atoms with van der Waals surface area (Å²) in [6, 6.07) is 78.2. The Morgan fingerprint density at radius 3 is 1.57 bits per heavy atom. The summed E-state index contributed by atoms with van der Waals surface area (Å²) in [6.45, 7) is 14.2. The van der Waals surface area contributed by atoms with Gasteiger partial charge in [-0.15, -0.1) is 47.5 Å². The number of hydrogen-bond acceptors (Lipinski definition) is 3. The second-order valence-corrected chi connectivity index (χ2v) is 21.7. The summed E-state index contributed by atoms with van der Waals surface area (Å²) in [4.78, 5) is 10.3. The van der Waals surface area contributed by atoms with Crippen LogP contribution in [0.5, 0.6) is 0 Å². The van der Waals surface area contributed by atoms with Gasteiger partial charge in [-0.25, -0.2) is 0 Å². The van der Waals surface area contributed by atoms with Crippen molar-refractivity contribution < 1.29 is 31.4 Å². The molecule has 3 aromatic heterocycles. The number of para-hydroxylation sites is 6. The van der Waals surface area contributed by atoms with E-state index in [2.05, 4.69) is 154 Å². The van der Waals surface area contributed by atoms with Crippen LogP contribution >= 0.6 is 0 Å². The summed E-state index contributed by atoms with van der Waals surface area (Å²) in [6.07, 6.45) is 0. The van der Waals surface area contributed by atoms with Gasteiger partial charge in [0.25, 0.3) is 0 Å². The van der Waals surface area contributed by atoms with Crippen LogP contribution in [0.15, 0.2) is 217 Å². The number of hydrogen-bond donors (Lipinski definition) is 0. The standard InChI is InChI=1S/C43H35N2O.C32H31N2.Ir/c1-27(2)36-25-32(31-23-21-30(22-24-31)29-13-6-5-7-14-29)26-37(28(3)4)41(36)45-39-19-10-9-18-38(39)44-43(45)35-17-12-16-34-33-15-8-11-20-40(33)46-42(34)35;1-21(2)26-14-11-15-27(22(3)4)31(26)34-30-17-10-9-16-29(30)33-32(34)25-19-18-23(5)28(20-25)24-12-7-6-8-13-24;/h5-16,18-28H,1-4H3;6-18,20-22H,1-5H3;/q2*-1;/i;5D3,21D,22D;. The maximum atomic E-state index is 8.98. The van der Waals surface area contributed by atoms with Gasteiger partial charge in [0.05, 0.1) is 39.3 Å². The Morgan fingerprint density at radius 2 is 0.975 bits per heavy atom. The summed E-state index contributed by atoms with van der Waals surface area (Å²) >= 11 is 0. The molecule has 1 radical (unpaired) electrons. The molecule has 0 saturated heterocycles. The number of aromatic nitrogens is 4. The first kappa shape index (κ1) is 48.5. The topological polar surface area (TPSA) is 48.8 Å². The first-order valence-corrected chi connectivity index (χ1v) is 27.6. The molecule has 0 aliphatic carbocycles. The van der Waals surface area contributed by atoms with Crippen LogP contribution in [0.3, 0.4) is 0 Å². The predicted octanol–water partition coefficient (Wildman–Crippen LogP) is 20.7. The number of furan rings is 1. The zero-order valence-electron chi connectivity index (χ0n) is 51.9. The fourth-order valence-electron chi connectivity index (χ4n) is 11.2. The van der Waals surface area contributed by atoms with E-state index in [0.717, 1.165) is 77.8 Å². The van der Waals surface area contributed by atoms with Crippen LogP contribution < -0.4 is 0 Å². The molecule has 0 aliphatic rings. The molecule has 0 atom stereocenters. The molecular formula is C75H66IrN4O-2. The molecule has 5 nitrogen and oxygen atoms in total. The van der Waals surface area contributed by atoms with Crippen LogP contribution in [-0.4, -0.2) is 19.1 Å². The van der Waals surface area contributed by atoms with Crippen molar-refractivity contribution in [1.29, 1.82) is 0 Å². The van der Waals surface area contributed by atoms with Gasteiger partial charge in [0.2, 0.25) is 0 Å². The van der Waals surface area contributed by atoms with Crippen molar-refractivity contribution >= 4 is 44.0 Å². The fraction of sp³-hybridized carbons (Fsp3) is 0.173. The molecular weight excluding hydrogens is 1170 g/mol. The number of nitrogens with zero attached hydrogens (tertiary/aromatic N) is 4. The molecule has 10 aromatic carbocycles. The Balaban J connectivity index is 0.000000179. The SMILES string of the molecule is CC(C)c1cc(-c2ccc(-c3ccccc3)cc2)cc(C(C)C)c1-n1c(-c2[c-]ccc3c2oc2ccccc23)nc2ccccc21.[2H]C([2H])([2H])c1c[c-]c(-c2nc3ccccc3n2-c2c(C([2H])(C)C)cccc2C([2H])(C)C)cc1-c1ccccc1.[Ir]. The number of benzene rings is 10. The Hall–Kier alpha value is -8.41. The quantitative estimate of drug-likeness (QED) is 0.121. The van der Waals surface area contributed by atoms with Gasteiger partial charge in [-0.05, 0) is 116 Å². The van der Waals surface area contributed by atoms with E-state index in [1.165, 1.54) is 39.1 Å². The summed E-state index contributed by atoms with van der Waals surface area (Å²) < 4.78 is 53.3. The Morgan fingerprint density at radius 1 is 0.469 bits per heavy atom. The third-order valence-electron chi connectivity index (χ3n) is 15.3. The van der Waals surface area contributed by atoms with Crippen molar-refractivity contribution in [3.63, 3.8) is 0 Å². The van der Waals surface area contributed by atoms with Crippen molar-refractivity contribution in [3.05, 3.63) is 252 Å². The van der Waals surface area contributed by atoms with Gasteiger partial charge in [0, 0.05) is 43.7 Å². The van der Waals surface area contributed by atoms with Gasteiger partial charge in [-0.1, -0.05) is 224 Å². The molecule has 0 saturated carbocycles. The first-order valence-electron chi connectivity index (χ1n) is 30.1. The minimum absolute atomic E-state index is 0. The molecule has 0 aliphatic heterocycles. The average Bonchev–Trinajstić information content (AvgIpc) is 1.59. The van der Waals surface area contributed by atoms with Gasteiger partial charge < -0.3 is 13.6 Å². The van der Waals surface area contributed by atoms with Crippen LogP contribution in [0.2, 0.25) is 0 Å². The van der Waals surface area contributed by atoms with Crippen LogP contribution in [0, 0.1) is 19.0 Å². The zero-order valence-corrected chi connectivity index (χ0v) is 49.3. The van der Waals surface area contributed by atoms with E-state index in [0.29, 0.717) is 17.0 Å². The molecule has 0 fully saturated rings. The smallest absolute Gasteiger partial charge is 0.120 e. The van der Waals surface area contributed by atoms with E-state index < -0.39 is 18.6 Å². The zero-order chi connectivity index (χ0) is 59.5. The van der Waals surface area contributed by atoms with Crippen molar-refractivity contribution in [1.82, 2.24) is 19.1 Å². The van der Waals surface area contributed by atoms with Crippen molar-refractivity contribution in [2.24, 2.45) is 0 Å². The summed E-state index contributed by atoms with van der Waals surface area (Å²) in [5.74, 6) is 0.0568. The third-order valence-corrected chi connectivity index (χ3v) is 15.3. The van der Waals surface area contributed by atoms with Gasteiger partial charge in [0.1, 0.15) is 5.58 Å². The van der Waals surface area contributed by atoms with E-state index in [1.807, 2.05) is 129 Å². The number of rotatable bonds is 11. The third kappa shape index (κ3) is 10.3. The summed E-state index contributed by atoms with van der Waals surface area (Å²) in [7, 11) is 0. The Kier molecular flexibility index (Phi) is 13.8. The molecule has 0 amide bonds. The molecule has 13 aromatic rings. The van der Waals surface area contributed by atoms with E-state index in [4.69, 9.17) is 21.2 Å². The number of imidazole rings is 2. The normalized spacial score (nSPS) is 12.9. The van der Waals surface area contributed by atoms with E-state index in [1.54, 1.807) is 6.07 Å². The Bertz CT molecular complexity index is 4540. The molecule has 3 heterocycles. The van der Waals surface area contributed by atoms with Crippen molar-refractivity contribution in [3.8, 4) is 67.5 Å². The maximum Gasteiger partial charge on any atom is 0.120 e. The van der Waals surface area contributed by atoms with Gasteiger partial charge in [-0.3, -0.25) is 9.97 Å². The van der Waals surface area contributed by atoms with Gasteiger partial charge >= 0.3 is 0 Å². The monoisotopic (exact) mass is 1240 g/mol. The molecule has 0 N–H and O–H groups in total. The number of aryl methyl sites for hydroxylation is 1. The molecule has 13 rings (SSSR count). The first-order chi connectivity index (χ1) is 40.7. The minimum atomic E-state index is -2.31. The van der Waals surface area contributed by atoms with E-state index in [-0.39, 0.29) is 37.5 Å². The van der Waals surface area contributed by atoms with Crippen LogP contribution in [0.4, 0.5) is 0 Å². The molecule has 0 unspecified atom stereocenters. The number of fused-ring (bicyclic) bond motifs is 5. The second kappa shape index (κ2) is 23.0. The van der Waals surface area contributed by atoms with Crippen molar-refractivity contribution in [2.75, 3.05) is 0 Å². The molecule has 0 bridgehead atoms. The van der Waals surface area contributed by atoms with Gasteiger partial charge in [0.15, 0.2) is 0 Å². The van der Waals surface area contributed by atoms with Crippen LogP contribution in [0.25, 0.3) is 112 Å². The van der Waals surface area contributed by atoms with Crippen LogP contribution in [-0.2, 0) is 20.1 Å². The predicted molar refractivity (Wildman–Crippen MR) is 335 cm³/mol. The largest absolute Gasteiger partial charge is 0.501 e. The Labute approximate surface area is 497 Å². The summed E-state index contributed by atoms with van der Waals surface area (Å²) in [5, 5.41) is 2.18. The van der Waals surface area contributed by atoms with Crippen molar-refractivity contribution in [2.45, 2.75) is 85.9 Å². The fourth-order valence-corrected chi connectivity index (χ4v) is 11.2. The second-order valence-electron chi connectivity index (χ2n) is 21.7. The molecule has 403 valence electrons. The summed E-state index contributed by atoms with van der Waals surface area (Å²) in [5.41, 5.74) is 19.4. The minimum Gasteiger partial charge on any atom is -0.501 e. The maximum absolute atomic E-state index is 8.98. The molecule has 81 heavy (non-hydrogen) atoms. The molecule has 6 heteroatoms. The van der Waals surface area contributed by atoms with E-state index in [9.17, 15) is 0 Å². The average molecular weight is 1240 g/mol. The molecule has 0 spiro atoms.